The molecule has 1 aliphatic heterocycles. The zero-order valence-corrected chi connectivity index (χ0v) is 27.2. The summed E-state index contributed by atoms with van der Waals surface area (Å²) in [6.07, 6.45) is 4.76. The number of hydrogen-bond acceptors (Lipinski definition) is 8. The predicted octanol–water partition coefficient (Wildman–Crippen LogP) is 5.46. The molecule has 3 N–H and O–H groups in total. The summed E-state index contributed by atoms with van der Waals surface area (Å²) in [6, 6.07) is 21.6. The Morgan fingerprint density at radius 2 is 1.52 bits per heavy atom. The summed E-state index contributed by atoms with van der Waals surface area (Å²) in [5.74, 6) is -0.705. The van der Waals surface area contributed by atoms with Crippen LogP contribution in [0.5, 0.6) is 5.75 Å². The van der Waals surface area contributed by atoms with Gasteiger partial charge in [-0.3, -0.25) is 25.1 Å². The van der Waals surface area contributed by atoms with E-state index in [0.717, 1.165) is 49.0 Å². The molecule has 5 rings (SSSR count). The van der Waals surface area contributed by atoms with Gasteiger partial charge in [-0.05, 0) is 73.8 Å². The third kappa shape index (κ3) is 9.21. The van der Waals surface area contributed by atoms with E-state index in [4.69, 9.17) is 19.6 Å². The third-order valence-electron chi connectivity index (χ3n) is 8.83. The second-order valence-corrected chi connectivity index (χ2v) is 12.1. The topological polar surface area (TPSA) is 147 Å². The standard InChI is InChI=1S/C37H42N4O7/c1-46-32-19-16-29(26-10-12-27(13-11-26)34(38)40-37(45)48-23-25-8-4-2-5-9-25)22-31(32)35(43)39-30-17-14-28(15-18-30)36(44)47-24-33(42)41-20-6-3-7-21-41/h2,4-5,8-13,16,19,22,28,30H,3,6-7,14-15,17-18,20-21,23-24H2,1H3,(H,39,43)(H2,38,40,45). The molecule has 0 radical (unpaired) electrons. The van der Waals surface area contributed by atoms with Gasteiger partial charge < -0.3 is 24.4 Å². The summed E-state index contributed by atoms with van der Waals surface area (Å²) in [5, 5.41) is 13.8. The van der Waals surface area contributed by atoms with E-state index >= 15 is 0 Å². The van der Waals surface area contributed by atoms with E-state index in [2.05, 4.69) is 10.6 Å². The number of carbonyl (C=O) groups excluding carboxylic acids is 4. The number of nitrogens with zero attached hydrogens (tertiary/aromatic N) is 1. The first-order chi connectivity index (χ1) is 23.3. The van der Waals surface area contributed by atoms with Gasteiger partial charge in [0.05, 0.1) is 18.6 Å². The Morgan fingerprint density at radius 1 is 0.833 bits per heavy atom. The summed E-state index contributed by atoms with van der Waals surface area (Å²) in [4.78, 5) is 52.3. The molecular weight excluding hydrogens is 612 g/mol. The minimum atomic E-state index is -0.716. The molecule has 3 aromatic carbocycles. The van der Waals surface area contributed by atoms with Crippen LogP contribution < -0.4 is 15.4 Å². The number of carbonyl (C=O) groups is 4. The maximum atomic E-state index is 13.4. The highest BCUT2D eigenvalue weighted by atomic mass is 16.5. The van der Waals surface area contributed by atoms with Crippen LogP contribution >= 0.6 is 0 Å². The maximum absolute atomic E-state index is 13.4. The quantitative estimate of drug-likeness (QED) is 0.150. The summed E-state index contributed by atoms with van der Waals surface area (Å²) in [7, 11) is 1.51. The highest BCUT2D eigenvalue weighted by molar-refractivity contribution is 6.04. The fraction of sp³-hybridized carbons (Fsp3) is 0.378. The van der Waals surface area contributed by atoms with Crippen molar-refractivity contribution in [2.24, 2.45) is 5.92 Å². The lowest BCUT2D eigenvalue weighted by Gasteiger charge is -2.29. The number of hydrogen-bond donors (Lipinski definition) is 3. The number of alkyl carbamates (subject to hydrolysis) is 1. The Labute approximate surface area is 280 Å². The summed E-state index contributed by atoms with van der Waals surface area (Å²) in [6.45, 7) is 1.34. The average Bonchev–Trinajstić information content (AvgIpc) is 3.13. The molecule has 1 aliphatic carbocycles. The van der Waals surface area contributed by atoms with Gasteiger partial charge in [-0.2, -0.15) is 0 Å². The van der Waals surface area contributed by atoms with Crippen LogP contribution in [0.25, 0.3) is 11.1 Å². The molecule has 11 nitrogen and oxygen atoms in total. The second kappa shape index (κ2) is 16.6. The number of esters is 1. The molecule has 252 valence electrons. The van der Waals surface area contributed by atoms with Crippen molar-refractivity contribution in [3.05, 3.63) is 89.5 Å². The van der Waals surface area contributed by atoms with E-state index < -0.39 is 6.09 Å². The number of rotatable bonds is 10. The SMILES string of the molecule is COc1ccc(-c2ccc(C(=N)NC(=O)OCc3ccccc3)cc2)cc1C(=O)NC1CCC(C(=O)OCC(=O)N2CCCCC2)CC1. The van der Waals surface area contributed by atoms with Crippen molar-refractivity contribution in [1.82, 2.24) is 15.5 Å². The zero-order chi connectivity index (χ0) is 33.9. The molecular formula is C37H42N4O7. The Bertz CT molecular complexity index is 1600. The monoisotopic (exact) mass is 654 g/mol. The van der Waals surface area contributed by atoms with Gasteiger partial charge in [0.1, 0.15) is 18.2 Å². The number of amides is 3. The maximum Gasteiger partial charge on any atom is 0.413 e. The molecule has 1 saturated heterocycles. The van der Waals surface area contributed by atoms with Crippen LogP contribution in [-0.4, -0.2) is 67.5 Å². The van der Waals surface area contributed by atoms with E-state index in [0.29, 0.717) is 42.6 Å². The van der Waals surface area contributed by atoms with Crippen molar-refractivity contribution in [3.8, 4) is 16.9 Å². The minimum Gasteiger partial charge on any atom is -0.496 e. The lowest BCUT2D eigenvalue weighted by atomic mass is 9.86. The Balaban J connectivity index is 1.11. The van der Waals surface area contributed by atoms with E-state index in [-0.39, 0.29) is 48.8 Å². The van der Waals surface area contributed by atoms with Gasteiger partial charge in [-0.15, -0.1) is 0 Å². The zero-order valence-electron chi connectivity index (χ0n) is 27.2. The van der Waals surface area contributed by atoms with E-state index in [1.165, 1.54) is 7.11 Å². The molecule has 0 atom stereocenters. The van der Waals surface area contributed by atoms with Crippen LogP contribution in [0.4, 0.5) is 4.79 Å². The van der Waals surface area contributed by atoms with Gasteiger partial charge in [-0.25, -0.2) is 4.79 Å². The lowest BCUT2D eigenvalue weighted by Crippen LogP contribution is -2.40. The van der Waals surface area contributed by atoms with Crippen molar-refractivity contribution in [2.45, 2.75) is 57.6 Å². The number of amidine groups is 1. The molecule has 3 amide bonds. The number of nitrogens with one attached hydrogen (secondary N) is 3. The van der Waals surface area contributed by atoms with Crippen molar-refractivity contribution in [1.29, 1.82) is 5.41 Å². The van der Waals surface area contributed by atoms with Gasteiger partial charge in [0.15, 0.2) is 6.61 Å². The summed E-state index contributed by atoms with van der Waals surface area (Å²) >= 11 is 0. The number of benzene rings is 3. The first kappa shape index (κ1) is 34.2. The van der Waals surface area contributed by atoms with Gasteiger partial charge >= 0.3 is 12.1 Å². The van der Waals surface area contributed by atoms with Crippen LogP contribution in [0.1, 0.15) is 66.4 Å². The molecule has 2 fully saturated rings. The highest BCUT2D eigenvalue weighted by Crippen LogP contribution is 2.29. The van der Waals surface area contributed by atoms with Crippen molar-refractivity contribution in [2.75, 3.05) is 26.8 Å². The second-order valence-electron chi connectivity index (χ2n) is 12.1. The number of ether oxygens (including phenoxy) is 3. The lowest BCUT2D eigenvalue weighted by molar-refractivity contribution is -0.156. The van der Waals surface area contributed by atoms with Crippen LogP contribution in [0, 0.1) is 11.3 Å². The number of piperidine rings is 1. The third-order valence-corrected chi connectivity index (χ3v) is 8.83. The number of likely N-dealkylation sites (tertiary alicyclic amines) is 1. The number of methoxy groups -OCH3 is 1. The van der Waals surface area contributed by atoms with E-state index in [1.54, 1.807) is 29.2 Å². The van der Waals surface area contributed by atoms with E-state index in [1.807, 2.05) is 48.5 Å². The molecule has 0 spiro atoms. The molecule has 1 saturated carbocycles. The van der Waals surface area contributed by atoms with Crippen LogP contribution in [0.3, 0.4) is 0 Å². The molecule has 0 bridgehead atoms. The molecule has 0 unspecified atom stereocenters. The smallest absolute Gasteiger partial charge is 0.413 e. The predicted molar refractivity (Wildman–Crippen MR) is 180 cm³/mol. The normalized spacial score (nSPS) is 17.5. The molecule has 2 aliphatic rings. The first-order valence-corrected chi connectivity index (χ1v) is 16.4. The van der Waals surface area contributed by atoms with Gasteiger partial charge in [0, 0.05) is 24.7 Å². The van der Waals surface area contributed by atoms with Crippen LogP contribution in [-0.2, 0) is 25.7 Å². The van der Waals surface area contributed by atoms with Crippen LogP contribution in [0.15, 0.2) is 72.8 Å². The largest absolute Gasteiger partial charge is 0.496 e. The molecule has 11 heteroatoms. The summed E-state index contributed by atoms with van der Waals surface area (Å²) < 4.78 is 16.1. The van der Waals surface area contributed by atoms with Crippen molar-refractivity contribution < 1.29 is 33.4 Å². The van der Waals surface area contributed by atoms with Gasteiger partial charge in [0.2, 0.25) is 0 Å². The minimum absolute atomic E-state index is 0.0941. The molecule has 3 aromatic rings. The fourth-order valence-electron chi connectivity index (χ4n) is 6.05. The van der Waals surface area contributed by atoms with Crippen molar-refractivity contribution in [3.63, 3.8) is 0 Å². The Morgan fingerprint density at radius 3 is 2.21 bits per heavy atom. The Hall–Kier alpha value is -5.19. The molecule has 1 heterocycles. The molecule has 0 aromatic heterocycles. The first-order valence-electron chi connectivity index (χ1n) is 16.4. The van der Waals surface area contributed by atoms with E-state index in [9.17, 15) is 19.2 Å². The fourth-order valence-corrected chi connectivity index (χ4v) is 6.05. The highest BCUT2D eigenvalue weighted by Gasteiger charge is 2.30. The van der Waals surface area contributed by atoms with Crippen molar-refractivity contribution >= 4 is 29.7 Å². The summed E-state index contributed by atoms with van der Waals surface area (Å²) in [5.41, 5.74) is 3.31. The van der Waals surface area contributed by atoms with Gasteiger partial charge in [-0.1, -0.05) is 60.7 Å². The Kier molecular flexibility index (Phi) is 11.8. The van der Waals surface area contributed by atoms with Crippen LogP contribution in [0.2, 0.25) is 0 Å². The van der Waals surface area contributed by atoms with Gasteiger partial charge in [0.25, 0.3) is 11.8 Å². The molecule has 48 heavy (non-hydrogen) atoms. The average molecular weight is 655 g/mol.